The molecule has 2 amide bonds. The molecule has 3 heterocycles. The third-order valence-electron chi connectivity index (χ3n) is 6.78. The van der Waals surface area contributed by atoms with E-state index < -0.39 is 35.3 Å². The lowest BCUT2D eigenvalue weighted by molar-refractivity contribution is -0.0136. The maximum Gasteiger partial charge on any atom is 0.420 e. The van der Waals surface area contributed by atoms with Gasteiger partial charge in [-0.3, -0.25) is 4.98 Å². The molecule has 1 aliphatic rings. The minimum atomic E-state index is -0.840. The monoisotopic (exact) mass is 611 g/mol. The number of aliphatic hydroxyl groups excluding tert-OH is 1. The Morgan fingerprint density at radius 2 is 1.75 bits per heavy atom. The summed E-state index contributed by atoms with van der Waals surface area (Å²) >= 11 is 0. The molecule has 12 heteroatoms. The Morgan fingerprint density at radius 1 is 1.09 bits per heavy atom. The summed E-state index contributed by atoms with van der Waals surface area (Å²) in [5, 5.41) is 14.1. The van der Waals surface area contributed by atoms with Gasteiger partial charge in [-0.15, -0.1) is 0 Å². The molecule has 0 aliphatic carbocycles. The summed E-state index contributed by atoms with van der Waals surface area (Å²) in [5.41, 5.74) is 0.980. The Balaban J connectivity index is 1.75. The van der Waals surface area contributed by atoms with E-state index in [1.165, 1.54) is 0 Å². The molecule has 0 unspecified atom stereocenters. The van der Waals surface area contributed by atoms with E-state index in [1.807, 2.05) is 13.8 Å². The largest absolute Gasteiger partial charge is 0.443 e. The van der Waals surface area contributed by atoms with Crippen molar-refractivity contribution in [1.82, 2.24) is 19.9 Å². The molecule has 0 saturated carbocycles. The van der Waals surface area contributed by atoms with Crippen molar-refractivity contribution in [2.45, 2.75) is 97.6 Å². The van der Waals surface area contributed by atoms with E-state index in [1.54, 1.807) is 65.9 Å². The van der Waals surface area contributed by atoms with Crippen LogP contribution in [0, 0.1) is 5.82 Å². The predicted molar refractivity (Wildman–Crippen MR) is 164 cm³/mol. The summed E-state index contributed by atoms with van der Waals surface area (Å²) in [6.07, 6.45) is 0.869. The Hall–Kier alpha value is -3.90. The van der Waals surface area contributed by atoms with Gasteiger partial charge >= 0.3 is 12.2 Å². The fraction of sp³-hybridized carbons (Fsp3) is 0.531. The van der Waals surface area contributed by atoms with E-state index in [4.69, 9.17) is 14.2 Å². The highest BCUT2D eigenvalue weighted by molar-refractivity contribution is 5.90. The number of halogens is 1. The SMILES string of the molecule is CC(C)c1c(CN(C(=O)OC(C)(C)C)C(=O)OC(C)(C)C)cnc2ccc(-c3nc(N[C@@H]4CCOC[C@@H]4O)ncc3F)cc12. The highest BCUT2D eigenvalue weighted by Gasteiger charge is 2.32. The van der Waals surface area contributed by atoms with E-state index in [9.17, 15) is 14.7 Å². The minimum absolute atomic E-state index is 0.0626. The lowest BCUT2D eigenvalue weighted by Crippen LogP contribution is -2.43. The average molecular weight is 612 g/mol. The molecule has 3 aromatic rings. The predicted octanol–water partition coefficient (Wildman–Crippen LogP) is 6.19. The Kier molecular flexibility index (Phi) is 9.74. The van der Waals surface area contributed by atoms with Gasteiger partial charge in [-0.05, 0) is 77.1 Å². The Labute approximate surface area is 257 Å². The van der Waals surface area contributed by atoms with Crippen LogP contribution in [-0.2, 0) is 20.8 Å². The Bertz CT molecular complexity index is 1490. The Morgan fingerprint density at radius 3 is 2.34 bits per heavy atom. The summed E-state index contributed by atoms with van der Waals surface area (Å²) in [4.78, 5) is 40.5. The van der Waals surface area contributed by atoms with Crippen molar-refractivity contribution in [2.24, 2.45) is 0 Å². The van der Waals surface area contributed by atoms with Crippen LogP contribution in [0.15, 0.2) is 30.6 Å². The van der Waals surface area contributed by atoms with Crippen LogP contribution in [-0.4, -0.2) is 73.7 Å². The van der Waals surface area contributed by atoms with E-state index >= 15 is 4.39 Å². The van der Waals surface area contributed by atoms with Gasteiger partial charge in [0.05, 0.1) is 37.0 Å². The standard InChI is InChI=1S/C32H42FN5O6/c1-18(2)26-20(16-38(29(40)43-31(3,4)5)30(41)44-32(6,7)8)14-34-23-10-9-19(13-21(23)26)27-22(33)15-35-28(37-27)36-24-11-12-42-17-25(24)39/h9-10,13-15,18,24-25,39H,11-12,16-17H2,1-8H3,(H,35,36,37)/t24-,25+/m1/s1. The molecule has 1 aliphatic heterocycles. The van der Waals surface area contributed by atoms with Crippen LogP contribution in [0.4, 0.5) is 19.9 Å². The second-order valence-corrected chi connectivity index (χ2v) is 13.2. The number of amides is 2. The van der Waals surface area contributed by atoms with Crippen LogP contribution < -0.4 is 5.32 Å². The highest BCUT2D eigenvalue weighted by atomic mass is 19.1. The zero-order valence-electron chi connectivity index (χ0n) is 26.6. The van der Waals surface area contributed by atoms with Gasteiger partial charge in [-0.25, -0.2) is 28.8 Å². The van der Waals surface area contributed by atoms with Crippen molar-refractivity contribution < 1.29 is 33.3 Å². The van der Waals surface area contributed by atoms with Gasteiger partial charge in [0.2, 0.25) is 5.95 Å². The van der Waals surface area contributed by atoms with Crippen molar-refractivity contribution in [3.05, 3.63) is 47.5 Å². The quantitative estimate of drug-likeness (QED) is 0.332. The normalized spacial score (nSPS) is 17.4. The van der Waals surface area contributed by atoms with Gasteiger partial charge < -0.3 is 24.6 Å². The summed E-state index contributed by atoms with van der Waals surface area (Å²) in [6.45, 7) is 14.8. The summed E-state index contributed by atoms with van der Waals surface area (Å²) in [6, 6.07) is 4.98. The molecule has 2 aromatic heterocycles. The summed E-state index contributed by atoms with van der Waals surface area (Å²) < 4.78 is 31.5. The average Bonchev–Trinajstić information content (AvgIpc) is 2.91. The molecule has 1 aromatic carbocycles. The number of hydrogen-bond donors (Lipinski definition) is 2. The molecular formula is C32H42FN5O6. The molecule has 4 rings (SSSR count). The van der Waals surface area contributed by atoms with Crippen molar-refractivity contribution in [3.8, 4) is 11.3 Å². The number of aliphatic hydroxyl groups is 1. The number of benzene rings is 1. The number of nitrogens with zero attached hydrogens (tertiary/aromatic N) is 4. The fourth-order valence-corrected chi connectivity index (χ4v) is 4.91. The van der Waals surface area contributed by atoms with E-state index in [0.29, 0.717) is 29.7 Å². The molecule has 2 N–H and O–H groups in total. The smallest absolute Gasteiger partial charge is 0.420 e. The van der Waals surface area contributed by atoms with Gasteiger partial charge in [-0.1, -0.05) is 19.9 Å². The minimum Gasteiger partial charge on any atom is -0.443 e. The van der Waals surface area contributed by atoms with Gasteiger partial charge in [0.25, 0.3) is 0 Å². The van der Waals surface area contributed by atoms with E-state index in [0.717, 1.165) is 22.0 Å². The molecule has 0 radical (unpaired) electrons. The molecule has 0 bridgehead atoms. The molecule has 1 saturated heterocycles. The van der Waals surface area contributed by atoms with Gasteiger partial charge in [0.1, 0.15) is 16.9 Å². The number of fused-ring (bicyclic) bond motifs is 1. The highest BCUT2D eigenvalue weighted by Crippen LogP contribution is 2.33. The molecule has 1 fully saturated rings. The van der Waals surface area contributed by atoms with Crippen molar-refractivity contribution >= 4 is 29.0 Å². The number of pyridine rings is 1. The van der Waals surface area contributed by atoms with Crippen LogP contribution in [0.25, 0.3) is 22.2 Å². The number of imide groups is 1. The lowest BCUT2D eigenvalue weighted by Gasteiger charge is -2.29. The first-order valence-corrected chi connectivity index (χ1v) is 14.7. The summed E-state index contributed by atoms with van der Waals surface area (Å²) in [5.74, 6) is -0.486. The van der Waals surface area contributed by atoms with Crippen molar-refractivity contribution in [3.63, 3.8) is 0 Å². The number of carbonyl (C=O) groups excluding carboxylic acids is 2. The van der Waals surface area contributed by atoms with Gasteiger partial charge in [-0.2, -0.15) is 0 Å². The lowest BCUT2D eigenvalue weighted by atomic mass is 9.92. The maximum atomic E-state index is 15.1. The third-order valence-corrected chi connectivity index (χ3v) is 6.78. The molecule has 2 atom stereocenters. The number of hydrogen-bond acceptors (Lipinski definition) is 10. The molecule has 44 heavy (non-hydrogen) atoms. The zero-order chi connectivity index (χ0) is 32.4. The molecule has 11 nitrogen and oxygen atoms in total. The first-order valence-electron chi connectivity index (χ1n) is 14.7. The van der Waals surface area contributed by atoms with Crippen molar-refractivity contribution in [2.75, 3.05) is 18.5 Å². The number of aromatic nitrogens is 3. The number of ether oxygens (including phenoxy) is 3. The molecule has 238 valence electrons. The second kappa shape index (κ2) is 13.0. The van der Waals surface area contributed by atoms with Crippen LogP contribution in [0.3, 0.4) is 0 Å². The third kappa shape index (κ3) is 8.17. The zero-order valence-corrected chi connectivity index (χ0v) is 26.6. The van der Waals surface area contributed by atoms with Crippen molar-refractivity contribution in [1.29, 1.82) is 0 Å². The second-order valence-electron chi connectivity index (χ2n) is 13.2. The number of anilines is 1. The van der Waals surface area contributed by atoms with Crippen LogP contribution in [0.5, 0.6) is 0 Å². The molecule has 0 spiro atoms. The van der Waals surface area contributed by atoms with Gasteiger partial charge in [0.15, 0.2) is 5.82 Å². The topological polar surface area (TPSA) is 136 Å². The van der Waals surface area contributed by atoms with Crippen LogP contribution in [0.2, 0.25) is 0 Å². The molecular weight excluding hydrogens is 569 g/mol. The fourth-order valence-electron chi connectivity index (χ4n) is 4.91. The van der Waals surface area contributed by atoms with E-state index in [-0.39, 0.29) is 36.8 Å². The number of carbonyl (C=O) groups is 2. The first-order chi connectivity index (χ1) is 20.5. The first kappa shape index (κ1) is 33.0. The maximum absolute atomic E-state index is 15.1. The van der Waals surface area contributed by atoms with E-state index in [2.05, 4.69) is 20.3 Å². The van der Waals surface area contributed by atoms with Crippen LogP contribution in [0.1, 0.15) is 78.9 Å². The number of nitrogens with one attached hydrogen (secondary N) is 1. The van der Waals surface area contributed by atoms with Gasteiger partial charge in [0, 0.05) is 23.8 Å². The summed E-state index contributed by atoms with van der Waals surface area (Å²) in [7, 11) is 0. The van der Waals surface area contributed by atoms with Crippen LogP contribution >= 0.6 is 0 Å². The number of rotatable bonds is 6.